The number of carbonyl (C=O) groups excluding carboxylic acids is 1. The summed E-state index contributed by atoms with van der Waals surface area (Å²) in [5.41, 5.74) is 10.5. The molecule has 196 valence electrons. The predicted octanol–water partition coefficient (Wildman–Crippen LogP) is 6.17. The van der Waals surface area contributed by atoms with Crippen molar-refractivity contribution >= 4 is 11.6 Å². The highest BCUT2D eigenvalue weighted by Gasteiger charge is 2.24. The Hall–Kier alpha value is -3.31. The molecule has 1 fully saturated rings. The Morgan fingerprint density at radius 1 is 1.03 bits per heavy atom. The molecule has 37 heavy (non-hydrogen) atoms. The van der Waals surface area contributed by atoms with Gasteiger partial charge in [-0.3, -0.25) is 4.79 Å². The van der Waals surface area contributed by atoms with Gasteiger partial charge in [-0.25, -0.2) is 0 Å². The lowest BCUT2D eigenvalue weighted by Gasteiger charge is -2.30. The molecule has 0 atom stereocenters. The van der Waals surface area contributed by atoms with Gasteiger partial charge in [-0.05, 0) is 99.3 Å². The van der Waals surface area contributed by atoms with Gasteiger partial charge in [-0.2, -0.15) is 0 Å². The molecule has 1 saturated carbocycles. The minimum Gasteiger partial charge on any atom is -0.371 e. The van der Waals surface area contributed by atoms with Gasteiger partial charge in [0.1, 0.15) is 0 Å². The summed E-state index contributed by atoms with van der Waals surface area (Å²) in [5, 5.41) is 6.46. The van der Waals surface area contributed by atoms with Crippen molar-refractivity contribution in [3.63, 3.8) is 0 Å². The Morgan fingerprint density at radius 3 is 2.32 bits per heavy atom. The van der Waals surface area contributed by atoms with Gasteiger partial charge in [0.05, 0.1) is 0 Å². The lowest BCUT2D eigenvalue weighted by molar-refractivity contribution is 0.0956. The number of amides is 1. The van der Waals surface area contributed by atoms with Crippen LogP contribution in [0.5, 0.6) is 0 Å². The zero-order chi connectivity index (χ0) is 26.7. The maximum Gasteiger partial charge on any atom is 0.251 e. The van der Waals surface area contributed by atoms with Gasteiger partial charge in [0.25, 0.3) is 5.91 Å². The van der Waals surface area contributed by atoms with Crippen molar-refractivity contribution < 1.29 is 4.79 Å². The van der Waals surface area contributed by atoms with E-state index < -0.39 is 0 Å². The summed E-state index contributed by atoms with van der Waals surface area (Å²) in [6, 6.07) is 13.5. The molecule has 4 rings (SSSR count). The van der Waals surface area contributed by atoms with Gasteiger partial charge >= 0.3 is 0 Å². The van der Waals surface area contributed by atoms with Crippen LogP contribution in [0, 0.1) is 6.92 Å². The Kier molecular flexibility index (Phi) is 8.23. The first kappa shape index (κ1) is 26.7. The fourth-order valence-corrected chi connectivity index (χ4v) is 5.63. The summed E-state index contributed by atoms with van der Waals surface area (Å²) in [6.45, 7) is 11.7. The van der Waals surface area contributed by atoms with Gasteiger partial charge in [0.2, 0.25) is 0 Å². The number of hydrogen-bond acceptors (Lipinski definition) is 4. The number of benzene rings is 2. The molecule has 5 heteroatoms. The standard InChI is InChI=1S/C32H42N4O/c1-21-16-22(2)34-24(4)30(21)19-33-32(37)29-17-27(26-14-12-25(13-15-26)20-35(5)6)18-31(23(29)3)36(7)28-10-8-9-11-28/h12-18,28,34H,4,8-11,19-20H2,1-3,5-7H3,(H,33,37). The van der Waals surface area contributed by atoms with Crippen molar-refractivity contribution in [2.45, 2.75) is 59.0 Å². The highest BCUT2D eigenvalue weighted by atomic mass is 16.1. The normalized spacial score (nSPS) is 16.2. The fraction of sp³-hybridized carbons (Fsp3) is 0.406. The third kappa shape index (κ3) is 6.16. The van der Waals surface area contributed by atoms with Crippen molar-refractivity contribution in [2.24, 2.45) is 0 Å². The molecule has 0 unspecified atom stereocenters. The van der Waals surface area contributed by atoms with E-state index in [-0.39, 0.29) is 5.91 Å². The summed E-state index contributed by atoms with van der Waals surface area (Å²) in [4.78, 5) is 18.2. The third-order valence-electron chi connectivity index (χ3n) is 7.71. The highest BCUT2D eigenvalue weighted by molar-refractivity contribution is 5.99. The Balaban J connectivity index is 1.67. The summed E-state index contributed by atoms with van der Waals surface area (Å²) in [6.07, 6.45) is 7.05. The SMILES string of the molecule is C=C1NC(C)=CC(C)=C1CNC(=O)c1cc(-c2ccc(CN(C)C)cc2)cc(N(C)C2CCCC2)c1C. The average molecular weight is 499 g/mol. The van der Waals surface area contributed by atoms with Crippen LogP contribution < -0.4 is 15.5 Å². The van der Waals surface area contributed by atoms with Gasteiger partial charge in [-0.1, -0.05) is 43.7 Å². The largest absolute Gasteiger partial charge is 0.371 e. The van der Waals surface area contributed by atoms with E-state index in [2.05, 4.69) is 104 Å². The van der Waals surface area contributed by atoms with E-state index in [0.717, 1.165) is 57.0 Å². The molecule has 1 aliphatic carbocycles. The minimum absolute atomic E-state index is 0.0518. The van der Waals surface area contributed by atoms with E-state index in [1.54, 1.807) is 0 Å². The van der Waals surface area contributed by atoms with E-state index in [9.17, 15) is 4.79 Å². The second-order valence-electron chi connectivity index (χ2n) is 10.9. The van der Waals surface area contributed by atoms with Crippen LogP contribution in [0.1, 0.15) is 61.0 Å². The summed E-state index contributed by atoms with van der Waals surface area (Å²) < 4.78 is 0. The monoisotopic (exact) mass is 498 g/mol. The minimum atomic E-state index is -0.0518. The van der Waals surface area contributed by atoms with Crippen molar-refractivity contribution in [1.82, 2.24) is 15.5 Å². The number of carbonyl (C=O) groups is 1. The number of anilines is 1. The second kappa shape index (κ2) is 11.4. The molecule has 1 amide bonds. The molecular weight excluding hydrogens is 456 g/mol. The van der Waals surface area contributed by atoms with Crippen molar-refractivity contribution in [3.05, 3.63) is 88.3 Å². The molecule has 1 aliphatic heterocycles. The number of hydrogen-bond donors (Lipinski definition) is 2. The van der Waals surface area contributed by atoms with Crippen LogP contribution in [0.4, 0.5) is 5.69 Å². The summed E-state index contributed by atoms with van der Waals surface area (Å²) in [7, 11) is 6.35. The van der Waals surface area contributed by atoms with E-state index in [1.807, 2.05) is 6.92 Å². The summed E-state index contributed by atoms with van der Waals surface area (Å²) >= 11 is 0. The molecule has 1 heterocycles. The third-order valence-corrected chi connectivity index (χ3v) is 7.71. The van der Waals surface area contributed by atoms with Crippen molar-refractivity contribution in [1.29, 1.82) is 0 Å². The zero-order valence-electron chi connectivity index (χ0n) is 23.4. The molecule has 0 bridgehead atoms. The van der Waals surface area contributed by atoms with E-state index in [0.29, 0.717) is 12.6 Å². The van der Waals surface area contributed by atoms with E-state index in [1.165, 1.54) is 31.2 Å². The molecular formula is C32H42N4O. The Labute approximate surface area is 222 Å². The van der Waals surface area contributed by atoms with Crippen LogP contribution in [0.3, 0.4) is 0 Å². The molecule has 0 spiro atoms. The van der Waals surface area contributed by atoms with Crippen molar-refractivity contribution in [2.75, 3.05) is 32.6 Å². The molecule has 0 aromatic heterocycles. The second-order valence-corrected chi connectivity index (χ2v) is 10.9. The molecule has 2 aromatic rings. The van der Waals surface area contributed by atoms with Crippen LogP contribution >= 0.6 is 0 Å². The number of dihydropyridines is 1. The first-order chi connectivity index (χ1) is 17.6. The number of rotatable bonds is 8. The van der Waals surface area contributed by atoms with Crippen LogP contribution in [0.25, 0.3) is 11.1 Å². The zero-order valence-corrected chi connectivity index (χ0v) is 23.4. The van der Waals surface area contributed by atoms with Crippen LogP contribution in [0.15, 0.2) is 71.6 Å². The maximum atomic E-state index is 13.6. The number of nitrogens with zero attached hydrogens (tertiary/aromatic N) is 2. The van der Waals surface area contributed by atoms with Crippen LogP contribution in [-0.4, -0.2) is 44.5 Å². The van der Waals surface area contributed by atoms with E-state index in [4.69, 9.17) is 0 Å². The topological polar surface area (TPSA) is 47.6 Å². The quantitative estimate of drug-likeness (QED) is 0.457. The maximum absolute atomic E-state index is 13.6. The smallest absolute Gasteiger partial charge is 0.251 e. The fourth-order valence-electron chi connectivity index (χ4n) is 5.63. The first-order valence-electron chi connectivity index (χ1n) is 13.4. The Bertz CT molecular complexity index is 1230. The Morgan fingerprint density at radius 2 is 1.70 bits per heavy atom. The number of allylic oxidation sites excluding steroid dienone is 3. The first-order valence-corrected chi connectivity index (χ1v) is 13.4. The summed E-state index contributed by atoms with van der Waals surface area (Å²) in [5.74, 6) is -0.0518. The van der Waals surface area contributed by atoms with Crippen LogP contribution in [-0.2, 0) is 6.54 Å². The lowest BCUT2D eigenvalue weighted by atomic mass is 9.95. The molecule has 2 N–H and O–H groups in total. The molecule has 0 radical (unpaired) electrons. The molecule has 2 aromatic carbocycles. The molecule has 2 aliphatic rings. The van der Waals surface area contributed by atoms with Gasteiger partial charge in [-0.15, -0.1) is 0 Å². The van der Waals surface area contributed by atoms with Gasteiger partial charge in [0, 0.05) is 48.8 Å². The predicted molar refractivity (Wildman–Crippen MR) is 156 cm³/mol. The highest BCUT2D eigenvalue weighted by Crippen LogP contribution is 2.35. The molecule has 5 nitrogen and oxygen atoms in total. The van der Waals surface area contributed by atoms with Gasteiger partial charge in [0.15, 0.2) is 0 Å². The lowest BCUT2D eigenvalue weighted by Crippen LogP contribution is -2.32. The van der Waals surface area contributed by atoms with Crippen LogP contribution in [0.2, 0.25) is 0 Å². The average Bonchev–Trinajstić information content (AvgIpc) is 3.38. The number of nitrogens with one attached hydrogen (secondary N) is 2. The van der Waals surface area contributed by atoms with Gasteiger partial charge < -0.3 is 20.4 Å². The van der Waals surface area contributed by atoms with Crippen molar-refractivity contribution in [3.8, 4) is 11.1 Å². The van der Waals surface area contributed by atoms with E-state index >= 15 is 0 Å². The molecule has 0 saturated heterocycles.